The van der Waals surface area contributed by atoms with Gasteiger partial charge in [0.1, 0.15) is 0 Å². The van der Waals surface area contributed by atoms with Gasteiger partial charge in [0.2, 0.25) is 0 Å². The smallest absolute Gasteiger partial charge is 0.251 e. The lowest BCUT2D eigenvalue weighted by Gasteiger charge is -2.07. The molecule has 0 unspecified atom stereocenters. The van der Waals surface area contributed by atoms with Crippen molar-refractivity contribution in [3.63, 3.8) is 0 Å². The van der Waals surface area contributed by atoms with Crippen molar-refractivity contribution in [2.45, 2.75) is 17.0 Å². The van der Waals surface area contributed by atoms with Crippen LogP contribution in [-0.2, 0) is 0 Å². The van der Waals surface area contributed by atoms with Crippen LogP contribution in [0, 0.1) is 6.92 Å². The van der Waals surface area contributed by atoms with Crippen molar-refractivity contribution in [2.75, 3.05) is 5.73 Å². The first-order chi connectivity index (χ1) is 9.61. The maximum Gasteiger partial charge on any atom is 0.251 e. The first kappa shape index (κ1) is 12.7. The number of nitrogens with one attached hydrogen (secondary N) is 1. The zero-order valence-electron chi connectivity index (χ0n) is 10.8. The van der Waals surface area contributed by atoms with Gasteiger partial charge in [0, 0.05) is 33.9 Å². The van der Waals surface area contributed by atoms with Crippen molar-refractivity contribution >= 4 is 28.4 Å². The predicted molar refractivity (Wildman–Crippen MR) is 79.9 cm³/mol. The number of rotatable bonds is 2. The molecule has 0 aliphatic carbocycles. The molecule has 0 spiro atoms. The number of fused-ring (bicyclic) bond motifs is 1. The fourth-order valence-corrected chi connectivity index (χ4v) is 2.91. The minimum absolute atomic E-state index is 0.169. The average molecular weight is 284 g/mol. The summed E-state index contributed by atoms with van der Waals surface area (Å²) in [5.74, 6) is 0. The number of aryl methyl sites for hydroxylation is 1. The van der Waals surface area contributed by atoms with Crippen molar-refractivity contribution in [3.05, 3.63) is 52.6 Å². The summed E-state index contributed by atoms with van der Waals surface area (Å²) in [6.07, 6.45) is 1.49. The first-order valence-electron chi connectivity index (χ1n) is 6.02. The van der Waals surface area contributed by atoms with Gasteiger partial charge in [0.05, 0.1) is 5.52 Å². The number of nitrogens with two attached hydrogens (primary N) is 1. The highest BCUT2D eigenvalue weighted by atomic mass is 32.2. The molecule has 0 radical (unpaired) electrons. The molecular weight excluding hydrogens is 272 g/mol. The molecule has 100 valence electrons. The number of pyridine rings is 1. The van der Waals surface area contributed by atoms with Gasteiger partial charge < -0.3 is 10.7 Å². The van der Waals surface area contributed by atoms with Crippen LogP contribution in [0.15, 0.2) is 51.4 Å². The van der Waals surface area contributed by atoms with E-state index in [2.05, 4.69) is 15.0 Å². The lowest BCUT2D eigenvalue weighted by Crippen LogP contribution is -2.05. The molecule has 0 aliphatic heterocycles. The van der Waals surface area contributed by atoms with Gasteiger partial charge in [-0.15, -0.1) is 0 Å². The van der Waals surface area contributed by atoms with E-state index in [9.17, 15) is 4.79 Å². The van der Waals surface area contributed by atoms with Crippen LogP contribution in [0.2, 0.25) is 0 Å². The third-order valence-electron chi connectivity index (χ3n) is 2.78. The molecule has 1 aromatic carbocycles. The molecule has 3 N–H and O–H groups in total. The van der Waals surface area contributed by atoms with E-state index in [0.717, 1.165) is 21.5 Å². The van der Waals surface area contributed by atoms with E-state index in [4.69, 9.17) is 5.73 Å². The monoisotopic (exact) mass is 284 g/mol. The second-order valence-electron chi connectivity index (χ2n) is 4.38. The van der Waals surface area contributed by atoms with Crippen molar-refractivity contribution in [1.29, 1.82) is 0 Å². The summed E-state index contributed by atoms with van der Waals surface area (Å²) in [6.45, 7) is 1.93. The summed E-state index contributed by atoms with van der Waals surface area (Å²) in [6, 6.07) is 8.94. The Balaban J connectivity index is 2.15. The van der Waals surface area contributed by atoms with Crippen LogP contribution in [-0.4, -0.2) is 15.0 Å². The molecule has 3 rings (SSSR count). The lowest BCUT2D eigenvalue weighted by atomic mass is 10.2. The second-order valence-corrected chi connectivity index (χ2v) is 5.41. The molecule has 0 atom stereocenters. The number of benzene rings is 1. The fourth-order valence-electron chi connectivity index (χ4n) is 1.93. The number of hydrogen-bond donors (Lipinski definition) is 2. The highest BCUT2D eigenvalue weighted by molar-refractivity contribution is 7.99. The van der Waals surface area contributed by atoms with Gasteiger partial charge in [-0.25, -0.2) is 4.98 Å². The SMILES string of the molecule is Cc1cc(Sc2nccc(=O)[nH]2)c2cc(N)ccc2n1. The average Bonchev–Trinajstić information content (AvgIpc) is 2.39. The zero-order chi connectivity index (χ0) is 14.1. The van der Waals surface area contributed by atoms with Crippen LogP contribution >= 0.6 is 11.8 Å². The maximum absolute atomic E-state index is 11.3. The summed E-state index contributed by atoms with van der Waals surface area (Å²) in [5, 5.41) is 1.50. The Kier molecular flexibility index (Phi) is 3.15. The first-order valence-corrected chi connectivity index (χ1v) is 6.83. The number of nitrogen functional groups attached to an aromatic ring is 1. The Morgan fingerprint density at radius 2 is 2.10 bits per heavy atom. The molecule has 0 aliphatic rings. The summed E-state index contributed by atoms with van der Waals surface area (Å²) in [5.41, 5.74) is 8.13. The third kappa shape index (κ3) is 2.50. The van der Waals surface area contributed by atoms with Crippen LogP contribution in [0.25, 0.3) is 10.9 Å². The molecule has 0 bridgehead atoms. The largest absolute Gasteiger partial charge is 0.399 e. The highest BCUT2D eigenvalue weighted by Gasteiger charge is 2.08. The zero-order valence-corrected chi connectivity index (χ0v) is 11.6. The van der Waals surface area contributed by atoms with E-state index in [-0.39, 0.29) is 5.56 Å². The van der Waals surface area contributed by atoms with Gasteiger partial charge in [0.15, 0.2) is 5.16 Å². The van der Waals surface area contributed by atoms with E-state index in [0.29, 0.717) is 10.8 Å². The van der Waals surface area contributed by atoms with E-state index in [1.54, 1.807) is 0 Å². The predicted octanol–water partition coefficient (Wildman–Crippen LogP) is 2.36. The number of aromatic amines is 1. The molecule has 0 fully saturated rings. The molecule has 20 heavy (non-hydrogen) atoms. The molecule has 0 amide bonds. The molecule has 3 aromatic rings. The van der Waals surface area contributed by atoms with Crippen LogP contribution < -0.4 is 11.3 Å². The summed E-state index contributed by atoms with van der Waals surface area (Å²) in [7, 11) is 0. The molecule has 2 heterocycles. The fraction of sp³-hybridized carbons (Fsp3) is 0.0714. The Morgan fingerprint density at radius 1 is 1.25 bits per heavy atom. The maximum atomic E-state index is 11.3. The van der Waals surface area contributed by atoms with Crippen LogP contribution in [0.3, 0.4) is 0 Å². The topological polar surface area (TPSA) is 84.7 Å². The van der Waals surface area contributed by atoms with Gasteiger partial charge in [-0.3, -0.25) is 9.78 Å². The van der Waals surface area contributed by atoms with E-state index >= 15 is 0 Å². The molecule has 0 saturated heterocycles. The van der Waals surface area contributed by atoms with Crippen LogP contribution in [0.4, 0.5) is 5.69 Å². The number of nitrogens with zero attached hydrogens (tertiary/aromatic N) is 2. The van der Waals surface area contributed by atoms with Gasteiger partial charge in [-0.2, -0.15) is 0 Å². The Labute approximate surface area is 119 Å². The minimum atomic E-state index is -0.169. The second kappa shape index (κ2) is 4.97. The van der Waals surface area contributed by atoms with Crippen LogP contribution in [0.5, 0.6) is 0 Å². The number of anilines is 1. The minimum Gasteiger partial charge on any atom is -0.399 e. The molecule has 0 saturated carbocycles. The normalized spacial score (nSPS) is 10.8. The highest BCUT2D eigenvalue weighted by Crippen LogP contribution is 2.32. The Bertz CT molecular complexity index is 844. The van der Waals surface area contributed by atoms with Gasteiger partial charge in [-0.1, -0.05) is 11.8 Å². The van der Waals surface area contributed by atoms with Crippen molar-refractivity contribution < 1.29 is 0 Å². The van der Waals surface area contributed by atoms with E-state index in [1.807, 2.05) is 31.2 Å². The Hall–Kier alpha value is -2.34. The summed E-state index contributed by atoms with van der Waals surface area (Å²) >= 11 is 1.39. The molecule has 5 nitrogen and oxygen atoms in total. The third-order valence-corrected chi connectivity index (χ3v) is 3.74. The molecule has 6 heteroatoms. The van der Waals surface area contributed by atoms with Crippen molar-refractivity contribution in [3.8, 4) is 0 Å². The quantitative estimate of drug-likeness (QED) is 0.557. The van der Waals surface area contributed by atoms with Crippen LogP contribution in [0.1, 0.15) is 5.69 Å². The molecule has 2 aromatic heterocycles. The number of H-pyrrole nitrogens is 1. The summed E-state index contributed by atoms with van der Waals surface area (Å²) < 4.78 is 0. The Morgan fingerprint density at radius 3 is 2.90 bits per heavy atom. The van der Waals surface area contributed by atoms with E-state index in [1.165, 1.54) is 24.0 Å². The van der Waals surface area contributed by atoms with E-state index < -0.39 is 0 Å². The number of hydrogen-bond acceptors (Lipinski definition) is 5. The van der Waals surface area contributed by atoms with Crippen molar-refractivity contribution in [2.24, 2.45) is 0 Å². The van der Waals surface area contributed by atoms with Gasteiger partial charge >= 0.3 is 0 Å². The molecular formula is C14H12N4OS. The number of aromatic nitrogens is 3. The lowest BCUT2D eigenvalue weighted by molar-refractivity contribution is 0.937. The van der Waals surface area contributed by atoms with Gasteiger partial charge in [0.25, 0.3) is 5.56 Å². The standard InChI is InChI=1S/C14H12N4OS/c1-8-6-12(20-14-16-5-4-13(19)18-14)10-7-9(15)2-3-11(10)17-8/h2-7H,15H2,1H3,(H,16,18,19). The van der Waals surface area contributed by atoms with Crippen molar-refractivity contribution in [1.82, 2.24) is 15.0 Å². The van der Waals surface area contributed by atoms with Gasteiger partial charge in [-0.05, 0) is 31.2 Å². The summed E-state index contributed by atoms with van der Waals surface area (Å²) in [4.78, 5) is 23.6.